The summed E-state index contributed by atoms with van der Waals surface area (Å²) in [6, 6.07) is -0.166. The second-order valence-electron chi connectivity index (χ2n) is 5.80. The number of halogens is 1. The van der Waals surface area contributed by atoms with E-state index in [-0.39, 0.29) is 24.4 Å². The van der Waals surface area contributed by atoms with E-state index < -0.39 is 0 Å². The Hall–Kier alpha value is -0.360. The number of hydrogen-bond acceptors (Lipinski definition) is 5. The molecule has 0 aromatic rings. The summed E-state index contributed by atoms with van der Waals surface area (Å²) in [7, 11) is 0. The van der Waals surface area contributed by atoms with Crippen LogP contribution in [0, 0.1) is 11.8 Å². The van der Waals surface area contributed by atoms with E-state index in [0.717, 1.165) is 45.7 Å². The molecule has 2 N–H and O–H groups in total. The van der Waals surface area contributed by atoms with Crippen molar-refractivity contribution >= 4 is 18.4 Å². The van der Waals surface area contributed by atoms with E-state index in [1.165, 1.54) is 12.8 Å². The van der Waals surface area contributed by atoms with Crippen LogP contribution in [-0.2, 0) is 14.3 Å². The molecule has 2 heterocycles. The maximum atomic E-state index is 12.2. The van der Waals surface area contributed by atoms with Gasteiger partial charge in [-0.3, -0.25) is 4.79 Å². The minimum atomic E-state index is -0.166. The molecule has 0 radical (unpaired) electrons. The van der Waals surface area contributed by atoms with Gasteiger partial charge in [-0.05, 0) is 64.1 Å². The highest BCUT2D eigenvalue weighted by Crippen LogP contribution is 2.20. The molecule has 21 heavy (non-hydrogen) atoms. The van der Waals surface area contributed by atoms with Gasteiger partial charge in [-0.1, -0.05) is 0 Å². The second-order valence-corrected chi connectivity index (χ2v) is 5.80. The molecule has 5 nitrogen and oxygen atoms in total. The number of carbonyl (C=O) groups excluding carboxylic acids is 1. The number of piperidine rings is 1. The maximum Gasteiger partial charge on any atom is 0.323 e. The van der Waals surface area contributed by atoms with Crippen molar-refractivity contribution in [2.75, 3.05) is 39.5 Å². The highest BCUT2D eigenvalue weighted by molar-refractivity contribution is 5.85. The van der Waals surface area contributed by atoms with Gasteiger partial charge in [0.2, 0.25) is 0 Å². The van der Waals surface area contributed by atoms with Crippen molar-refractivity contribution < 1.29 is 14.3 Å². The van der Waals surface area contributed by atoms with Crippen molar-refractivity contribution in [3.8, 4) is 0 Å². The van der Waals surface area contributed by atoms with Crippen LogP contribution < -0.4 is 10.6 Å². The molecule has 2 rings (SSSR count). The first-order valence-electron chi connectivity index (χ1n) is 7.99. The molecule has 0 aliphatic carbocycles. The Morgan fingerprint density at radius 2 is 2.14 bits per heavy atom. The third-order valence-electron chi connectivity index (χ3n) is 4.30. The summed E-state index contributed by atoms with van der Waals surface area (Å²) in [6.45, 7) is 6.90. The van der Waals surface area contributed by atoms with Crippen molar-refractivity contribution in [1.29, 1.82) is 0 Å². The Balaban J connectivity index is 0.00000220. The first kappa shape index (κ1) is 18.7. The minimum absolute atomic E-state index is 0. The van der Waals surface area contributed by atoms with E-state index in [9.17, 15) is 4.79 Å². The fourth-order valence-electron chi connectivity index (χ4n) is 3.12. The zero-order chi connectivity index (χ0) is 14.2. The predicted octanol–water partition coefficient (Wildman–Crippen LogP) is 1.36. The van der Waals surface area contributed by atoms with E-state index in [0.29, 0.717) is 18.4 Å². The lowest BCUT2D eigenvalue weighted by Gasteiger charge is -2.31. The van der Waals surface area contributed by atoms with E-state index in [4.69, 9.17) is 9.47 Å². The summed E-state index contributed by atoms with van der Waals surface area (Å²) in [5.74, 6) is 0.878. The summed E-state index contributed by atoms with van der Waals surface area (Å²) in [5, 5.41) is 6.89. The lowest BCUT2D eigenvalue weighted by Crippen LogP contribution is -2.48. The summed E-state index contributed by atoms with van der Waals surface area (Å²) in [6.07, 6.45) is 4.36. The zero-order valence-corrected chi connectivity index (χ0v) is 13.8. The third kappa shape index (κ3) is 6.10. The SMILES string of the molecule is CCOC(=O)C(NCC1CCCNC1)C1CCOCC1.Cl. The first-order valence-corrected chi connectivity index (χ1v) is 7.99. The molecule has 6 heteroatoms. The Morgan fingerprint density at radius 3 is 2.76 bits per heavy atom. The van der Waals surface area contributed by atoms with Crippen LogP contribution in [0.2, 0.25) is 0 Å². The normalized spacial score (nSPS) is 24.9. The van der Waals surface area contributed by atoms with Gasteiger partial charge >= 0.3 is 5.97 Å². The van der Waals surface area contributed by atoms with Gasteiger partial charge in [0.1, 0.15) is 6.04 Å². The number of ether oxygens (including phenoxy) is 2. The molecule has 2 saturated heterocycles. The molecule has 2 fully saturated rings. The van der Waals surface area contributed by atoms with Gasteiger partial charge < -0.3 is 20.1 Å². The lowest BCUT2D eigenvalue weighted by molar-refractivity contribution is -0.148. The molecule has 0 saturated carbocycles. The Labute approximate surface area is 133 Å². The quantitative estimate of drug-likeness (QED) is 0.724. The molecule has 0 bridgehead atoms. The fraction of sp³-hybridized carbons (Fsp3) is 0.933. The average molecular weight is 321 g/mol. The van der Waals surface area contributed by atoms with Gasteiger partial charge in [0.05, 0.1) is 6.61 Å². The smallest absolute Gasteiger partial charge is 0.323 e. The van der Waals surface area contributed by atoms with Crippen LogP contribution in [0.4, 0.5) is 0 Å². The van der Waals surface area contributed by atoms with Gasteiger partial charge in [-0.25, -0.2) is 0 Å². The Morgan fingerprint density at radius 1 is 1.38 bits per heavy atom. The molecule has 0 aromatic carbocycles. The predicted molar refractivity (Wildman–Crippen MR) is 84.8 cm³/mol. The van der Waals surface area contributed by atoms with Crippen LogP contribution in [0.1, 0.15) is 32.6 Å². The summed E-state index contributed by atoms with van der Waals surface area (Å²) < 4.78 is 10.6. The second kappa shape index (κ2) is 10.4. The van der Waals surface area contributed by atoms with Crippen LogP contribution in [0.5, 0.6) is 0 Å². The van der Waals surface area contributed by atoms with Gasteiger partial charge in [0.25, 0.3) is 0 Å². The molecule has 2 atom stereocenters. The number of rotatable bonds is 6. The molecule has 124 valence electrons. The first-order chi connectivity index (χ1) is 9.81. The van der Waals surface area contributed by atoms with E-state index >= 15 is 0 Å². The third-order valence-corrected chi connectivity index (χ3v) is 4.30. The lowest BCUT2D eigenvalue weighted by atomic mass is 9.90. The van der Waals surface area contributed by atoms with Crippen LogP contribution in [0.15, 0.2) is 0 Å². The molecule has 2 aliphatic heterocycles. The average Bonchev–Trinajstić information content (AvgIpc) is 2.50. The van der Waals surface area contributed by atoms with Crippen LogP contribution >= 0.6 is 12.4 Å². The number of hydrogen-bond donors (Lipinski definition) is 2. The van der Waals surface area contributed by atoms with E-state index in [1.807, 2.05) is 6.92 Å². The number of esters is 1. The summed E-state index contributed by atoms with van der Waals surface area (Å²) in [5.41, 5.74) is 0. The molecule has 0 aromatic heterocycles. The summed E-state index contributed by atoms with van der Waals surface area (Å²) >= 11 is 0. The van der Waals surface area contributed by atoms with E-state index in [1.54, 1.807) is 0 Å². The highest BCUT2D eigenvalue weighted by Gasteiger charge is 2.31. The number of nitrogens with one attached hydrogen (secondary N) is 2. The van der Waals surface area contributed by atoms with Crippen molar-refractivity contribution in [2.24, 2.45) is 11.8 Å². The van der Waals surface area contributed by atoms with Gasteiger partial charge in [-0.2, -0.15) is 0 Å². The van der Waals surface area contributed by atoms with Crippen molar-refractivity contribution in [2.45, 2.75) is 38.6 Å². The maximum absolute atomic E-state index is 12.2. The number of carbonyl (C=O) groups is 1. The fourth-order valence-corrected chi connectivity index (χ4v) is 3.12. The summed E-state index contributed by atoms with van der Waals surface area (Å²) in [4.78, 5) is 12.2. The van der Waals surface area contributed by atoms with Gasteiger partial charge in [-0.15, -0.1) is 12.4 Å². The van der Waals surface area contributed by atoms with Crippen molar-refractivity contribution in [3.05, 3.63) is 0 Å². The molecule has 0 spiro atoms. The molecule has 2 aliphatic rings. The standard InChI is InChI=1S/C15H28N2O3.ClH/c1-2-20-15(18)14(13-5-8-19-9-6-13)17-11-12-4-3-7-16-10-12;/h12-14,16-17H,2-11H2,1H3;1H. The monoisotopic (exact) mass is 320 g/mol. The zero-order valence-electron chi connectivity index (χ0n) is 12.9. The van der Waals surface area contributed by atoms with Gasteiger partial charge in [0, 0.05) is 13.2 Å². The van der Waals surface area contributed by atoms with Crippen molar-refractivity contribution in [3.63, 3.8) is 0 Å². The van der Waals surface area contributed by atoms with Gasteiger partial charge in [0.15, 0.2) is 0 Å². The largest absolute Gasteiger partial charge is 0.465 e. The molecular formula is C15H29ClN2O3. The minimum Gasteiger partial charge on any atom is -0.465 e. The van der Waals surface area contributed by atoms with Crippen LogP contribution in [0.25, 0.3) is 0 Å². The molecule has 2 unspecified atom stereocenters. The van der Waals surface area contributed by atoms with Crippen LogP contribution in [0.3, 0.4) is 0 Å². The Bertz CT molecular complexity index is 293. The van der Waals surface area contributed by atoms with E-state index in [2.05, 4.69) is 10.6 Å². The molecule has 0 amide bonds. The molecular weight excluding hydrogens is 292 g/mol. The Kier molecular flexibility index (Phi) is 9.24. The van der Waals surface area contributed by atoms with Crippen molar-refractivity contribution in [1.82, 2.24) is 10.6 Å². The topological polar surface area (TPSA) is 59.6 Å². The highest BCUT2D eigenvalue weighted by atomic mass is 35.5. The van der Waals surface area contributed by atoms with Crippen LogP contribution in [-0.4, -0.2) is 51.5 Å².